The molecule has 3 saturated heterocycles. The third-order valence-electron chi connectivity index (χ3n) is 8.21. The van der Waals surface area contributed by atoms with Gasteiger partial charge in [0.05, 0.1) is 29.2 Å². The minimum absolute atomic E-state index is 0.0613. The summed E-state index contributed by atoms with van der Waals surface area (Å²) in [7, 11) is 0. The number of halogens is 1. The summed E-state index contributed by atoms with van der Waals surface area (Å²) in [4.78, 5) is 45.8. The van der Waals surface area contributed by atoms with Crippen molar-refractivity contribution in [1.82, 2.24) is 4.90 Å². The maximum atomic E-state index is 14.8. The molecule has 2 bridgehead atoms. The van der Waals surface area contributed by atoms with Gasteiger partial charge in [-0.25, -0.2) is 0 Å². The van der Waals surface area contributed by atoms with Gasteiger partial charge in [0, 0.05) is 22.3 Å². The minimum atomic E-state index is -0.850. The number of aryl methyl sites for hydroxylation is 2. The molecule has 2 amide bonds. The third-order valence-corrected chi connectivity index (χ3v) is 11.4. The molecule has 1 aromatic rings. The first-order valence-electron chi connectivity index (χ1n) is 13.5. The van der Waals surface area contributed by atoms with Crippen molar-refractivity contribution in [2.75, 3.05) is 24.7 Å². The van der Waals surface area contributed by atoms with Crippen molar-refractivity contribution in [1.29, 1.82) is 0 Å². The summed E-state index contributed by atoms with van der Waals surface area (Å²) >= 11 is 5.35. The summed E-state index contributed by atoms with van der Waals surface area (Å²) in [5.74, 6) is -2.11. The van der Waals surface area contributed by atoms with E-state index in [2.05, 4.69) is 29.1 Å². The van der Waals surface area contributed by atoms with Gasteiger partial charge in [0.25, 0.3) is 5.91 Å². The van der Waals surface area contributed by atoms with Gasteiger partial charge in [0.1, 0.15) is 12.6 Å². The second kappa shape index (κ2) is 11.8. The van der Waals surface area contributed by atoms with E-state index in [-0.39, 0.29) is 47.6 Å². The van der Waals surface area contributed by atoms with Crippen LogP contribution in [0.15, 0.2) is 43.5 Å². The Labute approximate surface area is 244 Å². The van der Waals surface area contributed by atoms with Crippen molar-refractivity contribution in [2.45, 2.75) is 67.4 Å². The lowest BCUT2D eigenvalue weighted by molar-refractivity contribution is -0.153. The van der Waals surface area contributed by atoms with Gasteiger partial charge in [0.15, 0.2) is 0 Å². The smallest absolute Gasteiger partial charge is 0.311 e. The highest BCUT2D eigenvalue weighted by atomic mass is 79.9. The first-order valence-corrected chi connectivity index (χ1v) is 15.3. The lowest BCUT2D eigenvalue weighted by Crippen LogP contribution is -2.58. The second-order valence-electron chi connectivity index (χ2n) is 11.3. The molecule has 0 radical (unpaired) electrons. The van der Waals surface area contributed by atoms with Gasteiger partial charge < -0.3 is 19.6 Å². The topological polar surface area (TPSA) is 87.1 Å². The maximum Gasteiger partial charge on any atom is 0.311 e. The van der Waals surface area contributed by atoms with Crippen molar-refractivity contribution >= 4 is 51.2 Å². The highest BCUT2D eigenvalue weighted by molar-refractivity contribution is 9.09. The minimum Gasteiger partial charge on any atom is -0.461 e. The van der Waals surface area contributed by atoms with Crippen LogP contribution in [0.4, 0.5) is 5.69 Å². The van der Waals surface area contributed by atoms with Crippen molar-refractivity contribution < 1.29 is 24.2 Å². The lowest BCUT2D eigenvalue weighted by atomic mass is 9.71. The Hall–Kier alpha value is -2.10. The van der Waals surface area contributed by atoms with Crippen molar-refractivity contribution in [2.24, 2.45) is 17.8 Å². The van der Waals surface area contributed by atoms with Crippen LogP contribution in [0.5, 0.6) is 0 Å². The van der Waals surface area contributed by atoms with Crippen LogP contribution in [-0.4, -0.2) is 74.5 Å². The molecule has 4 rings (SSSR count). The van der Waals surface area contributed by atoms with Gasteiger partial charge in [-0.05, 0) is 43.7 Å². The molecule has 1 N–H and O–H groups in total. The van der Waals surface area contributed by atoms with Crippen LogP contribution in [0.25, 0.3) is 0 Å². The Kier molecular flexibility index (Phi) is 9.03. The zero-order valence-corrected chi connectivity index (χ0v) is 25.5. The standard InChI is InChI=1S/C30H39BrN2O5S/c1-7-12-32(24-18(5)10-9-11-19(24)6)28(36)26-30-15-21(31)25(39-30)22(29(37)38-13-8-2)23(30)27(35)33(26)20(16-34)14-17(3)4/h7-11,17,20-23,25-26,34H,1-2,12-16H2,3-6H3/t20-,21?,22+,23+,25+,26?,30?/m1/s1. The number of para-hydroxylation sites is 1. The molecule has 1 aromatic carbocycles. The van der Waals surface area contributed by atoms with Crippen molar-refractivity contribution in [3.63, 3.8) is 0 Å². The van der Waals surface area contributed by atoms with Crippen molar-refractivity contribution in [3.8, 4) is 0 Å². The summed E-state index contributed by atoms with van der Waals surface area (Å²) in [6, 6.07) is 4.50. The molecule has 39 heavy (non-hydrogen) atoms. The van der Waals surface area contributed by atoms with Crippen LogP contribution in [-0.2, 0) is 19.1 Å². The Morgan fingerprint density at radius 1 is 1.28 bits per heavy atom. The average molecular weight is 620 g/mol. The number of likely N-dealkylation sites (tertiary alicyclic amines) is 1. The van der Waals surface area contributed by atoms with Crippen molar-refractivity contribution in [3.05, 3.63) is 54.6 Å². The fourth-order valence-electron chi connectivity index (χ4n) is 6.87. The van der Waals surface area contributed by atoms with Gasteiger partial charge >= 0.3 is 5.97 Å². The molecule has 3 unspecified atom stereocenters. The van der Waals surface area contributed by atoms with Crippen LogP contribution in [0, 0.1) is 31.6 Å². The molecule has 0 aliphatic carbocycles. The lowest BCUT2D eigenvalue weighted by Gasteiger charge is -2.40. The maximum absolute atomic E-state index is 14.8. The molecule has 3 aliphatic heterocycles. The van der Waals surface area contributed by atoms with E-state index >= 15 is 0 Å². The average Bonchev–Trinajstić information content (AvgIpc) is 3.48. The molecule has 9 heteroatoms. The van der Waals surface area contributed by atoms with Crippen LogP contribution in [0.3, 0.4) is 0 Å². The van der Waals surface area contributed by atoms with E-state index in [9.17, 15) is 19.5 Å². The fraction of sp³-hybridized carbons (Fsp3) is 0.567. The number of carbonyl (C=O) groups is 3. The highest BCUT2D eigenvalue weighted by Gasteiger charge is 2.76. The van der Waals surface area contributed by atoms with E-state index in [0.717, 1.165) is 16.8 Å². The molecule has 3 aliphatic rings. The van der Waals surface area contributed by atoms with E-state index < -0.39 is 34.6 Å². The number of thioether (sulfide) groups is 1. The Balaban J connectivity index is 1.87. The van der Waals surface area contributed by atoms with Crippen LogP contribution >= 0.6 is 27.7 Å². The number of ether oxygens (including phenoxy) is 1. The zero-order valence-electron chi connectivity index (χ0n) is 23.1. The summed E-state index contributed by atoms with van der Waals surface area (Å²) in [6.45, 7) is 15.6. The molecule has 3 fully saturated rings. The molecule has 7 atom stereocenters. The number of nitrogens with zero attached hydrogens (tertiary/aromatic N) is 2. The van der Waals surface area contributed by atoms with Gasteiger partial charge in [-0.3, -0.25) is 14.4 Å². The number of hydrogen-bond acceptors (Lipinski definition) is 6. The van der Waals surface area contributed by atoms with Crippen LogP contribution in [0.1, 0.15) is 37.8 Å². The first-order chi connectivity index (χ1) is 18.5. The Morgan fingerprint density at radius 3 is 2.51 bits per heavy atom. The monoisotopic (exact) mass is 618 g/mol. The van der Waals surface area contributed by atoms with E-state index in [0.29, 0.717) is 12.8 Å². The molecule has 0 saturated carbocycles. The number of aliphatic hydroxyl groups excluding tert-OH is 1. The normalized spacial score (nSPS) is 29.9. The SMILES string of the molecule is C=CCOC(=O)[C@H]1[C@H]2C(=O)N([C@@H](CO)CC(C)C)C(C(=O)N(CC=C)c3c(C)cccc3C)C23CC(Br)[C@@H]1S3. The number of amides is 2. The number of rotatable bonds is 11. The largest absolute Gasteiger partial charge is 0.461 e. The quantitative estimate of drug-likeness (QED) is 0.224. The number of hydrogen-bond donors (Lipinski definition) is 1. The number of fused-ring (bicyclic) bond motifs is 1. The molecule has 3 heterocycles. The Morgan fingerprint density at radius 2 is 1.95 bits per heavy atom. The van der Waals surface area contributed by atoms with Gasteiger partial charge in [-0.2, -0.15) is 0 Å². The number of alkyl halides is 1. The number of benzene rings is 1. The van der Waals surface area contributed by atoms with Gasteiger partial charge in [-0.15, -0.1) is 18.3 Å². The Bertz CT molecular complexity index is 1140. The summed E-state index contributed by atoms with van der Waals surface area (Å²) in [6.07, 6.45) is 4.30. The first kappa shape index (κ1) is 29.9. The number of aliphatic hydroxyl groups is 1. The third kappa shape index (κ3) is 4.99. The molecule has 0 aromatic heterocycles. The highest BCUT2D eigenvalue weighted by Crippen LogP contribution is 2.68. The predicted octanol–water partition coefficient (Wildman–Crippen LogP) is 4.42. The number of carbonyl (C=O) groups excluding carboxylic acids is 3. The van der Waals surface area contributed by atoms with Crippen LogP contribution < -0.4 is 4.90 Å². The number of esters is 1. The fourth-order valence-corrected chi connectivity index (χ4v) is 10.4. The van der Waals surface area contributed by atoms with E-state index in [1.165, 1.54) is 6.08 Å². The molecular weight excluding hydrogens is 580 g/mol. The molecule has 1 spiro atoms. The van der Waals surface area contributed by atoms with Crippen LogP contribution in [0.2, 0.25) is 0 Å². The predicted molar refractivity (Wildman–Crippen MR) is 159 cm³/mol. The number of anilines is 1. The van der Waals surface area contributed by atoms with E-state index in [1.807, 2.05) is 45.9 Å². The molecular formula is C30H39BrN2O5S. The van der Waals surface area contributed by atoms with Gasteiger partial charge in [0.2, 0.25) is 5.91 Å². The van der Waals surface area contributed by atoms with E-state index in [1.54, 1.807) is 27.6 Å². The summed E-state index contributed by atoms with van der Waals surface area (Å²) in [5.41, 5.74) is 2.70. The second-order valence-corrected chi connectivity index (χ2v) is 14.0. The molecule has 7 nitrogen and oxygen atoms in total. The summed E-state index contributed by atoms with van der Waals surface area (Å²) in [5, 5.41) is 10.3. The zero-order chi connectivity index (χ0) is 28.6. The van der Waals surface area contributed by atoms with Gasteiger partial charge in [-0.1, -0.05) is 66.7 Å². The summed E-state index contributed by atoms with van der Waals surface area (Å²) < 4.78 is 4.65. The molecule has 212 valence electrons. The van der Waals surface area contributed by atoms with E-state index in [4.69, 9.17) is 4.74 Å².